The van der Waals surface area contributed by atoms with Crippen molar-refractivity contribution in [1.82, 2.24) is 0 Å². The smallest absolute Gasteiger partial charge is 0.310 e. The van der Waals surface area contributed by atoms with Crippen LogP contribution < -0.4 is 0 Å². The van der Waals surface area contributed by atoms with Crippen LogP contribution >= 0.6 is 23.2 Å². The van der Waals surface area contributed by atoms with Gasteiger partial charge in [-0.3, -0.25) is 14.9 Å². The molecule has 0 aliphatic carbocycles. The van der Waals surface area contributed by atoms with E-state index in [9.17, 15) is 14.9 Å². The molecule has 0 spiro atoms. The Labute approximate surface area is 136 Å². The maximum absolute atomic E-state index is 11.9. The van der Waals surface area contributed by atoms with Crippen LogP contribution in [0.3, 0.4) is 0 Å². The molecule has 0 saturated heterocycles. The number of carbonyl (C=O) groups excluding carboxylic acids is 1. The highest BCUT2D eigenvalue weighted by Crippen LogP contribution is 2.25. The minimum atomic E-state index is -0.562. The topological polar surface area (TPSA) is 69.4 Å². The monoisotopic (exact) mass is 339 g/mol. The summed E-state index contributed by atoms with van der Waals surface area (Å²) in [6, 6.07) is 11.0. The molecule has 0 unspecified atom stereocenters. The van der Waals surface area contributed by atoms with Gasteiger partial charge >= 0.3 is 5.97 Å². The minimum Gasteiger partial charge on any atom is -0.460 e. The van der Waals surface area contributed by atoms with Gasteiger partial charge in [0, 0.05) is 21.7 Å². The molecule has 0 saturated carbocycles. The van der Waals surface area contributed by atoms with Gasteiger partial charge in [0.1, 0.15) is 6.61 Å². The van der Waals surface area contributed by atoms with E-state index in [1.54, 1.807) is 30.3 Å². The highest BCUT2D eigenvalue weighted by Gasteiger charge is 2.16. The molecule has 0 bridgehead atoms. The van der Waals surface area contributed by atoms with E-state index in [1.165, 1.54) is 12.1 Å². The Morgan fingerprint density at radius 1 is 1.09 bits per heavy atom. The van der Waals surface area contributed by atoms with Crippen LogP contribution in [-0.4, -0.2) is 10.9 Å². The molecular weight excluding hydrogens is 329 g/mol. The van der Waals surface area contributed by atoms with Gasteiger partial charge in [-0.1, -0.05) is 41.4 Å². The van der Waals surface area contributed by atoms with Crippen LogP contribution in [0.15, 0.2) is 42.5 Å². The summed E-state index contributed by atoms with van der Waals surface area (Å²) < 4.78 is 5.07. The zero-order chi connectivity index (χ0) is 16.1. The minimum absolute atomic E-state index is 0.0916. The number of nitro benzene ring substituents is 1. The molecule has 0 fully saturated rings. The normalized spacial score (nSPS) is 10.3. The van der Waals surface area contributed by atoms with Crippen molar-refractivity contribution in [3.63, 3.8) is 0 Å². The Balaban J connectivity index is 2.04. The Bertz CT molecular complexity index is 698. The number of hydrogen-bond acceptors (Lipinski definition) is 4. The number of rotatable bonds is 5. The van der Waals surface area contributed by atoms with E-state index in [1.807, 2.05) is 0 Å². The lowest BCUT2D eigenvalue weighted by atomic mass is 10.1. The van der Waals surface area contributed by atoms with Crippen molar-refractivity contribution in [3.05, 3.63) is 73.8 Å². The van der Waals surface area contributed by atoms with Crippen molar-refractivity contribution >= 4 is 34.9 Å². The molecule has 2 aromatic rings. The lowest BCUT2D eigenvalue weighted by Crippen LogP contribution is -2.09. The van der Waals surface area contributed by atoms with Crippen molar-refractivity contribution in [3.8, 4) is 0 Å². The lowest BCUT2D eigenvalue weighted by Gasteiger charge is -2.08. The maximum Gasteiger partial charge on any atom is 0.310 e. The number of nitrogens with zero attached hydrogens (tertiary/aromatic N) is 1. The fourth-order valence-corrected chi connectivity index (χ4v) is 2.40. The predicted molar refractivity (Wildman–Crippen MR) is 83.1 cm³/mol. The number of benzene rings is 2. The molecule has 0 aliphatic rings. The first kappa shape index (κ1) is 16.3. The highest BCUT2D eigenvalue weighted by molar-refractivity contribution is 6.36. The SMILES string of the molecule is O=C(Cc1c(Cl)cccc1Cl)OCc1ccccc1[N+](=O)[O-]. The van der Waals surface area contributed by atoms with Crippen LogP contribution in [-0.2, 0) is 22.6 Å². The molecule has 114 valence electrons. The van der Waals surface area contributed by atoms with Gasteiger partial charge in [0.2, 0.25) is 0 Å². The third kappa shape index (κ3) is 3.96. The summed E-state index contributed by atoms with van der Waals surface area (Å²) in [4.78, 5) is 22.2. The molecule has 7 heteroatoms. The Kier molecular flexibility index (Phi) is 5.35. The van der Waals surface area contributed by atoms with Crippen LogP contribution in [0.25, 0.3) is 0 Å². The zero-order valence-electron chi connectivity index (χ0n) is 11.3. The summed E-state index contributed by atoms with van der Waals surface area (Å²) in [7, 11) is 0. The second-order valence-electron chi connectivity index (χ2n) is 4.42. The number of esters is 1. The summed E-state index contributed by atoms with van der Waals surface area (Å²) in [5.74, 6) is -0.562. The van der Waals surface area contributed by atoms with Crippen LogP contribution in [0.5, 0.6) is 0 Å². The van der Waals surface area contributed by atoms with E-state index >= 15 is 0 Å². The van der Waals surface area contributed by atoms with Gasteiger partial charge < -0.3 is 4.74 Å². The van der Waals surface area contributed by atoms with E-state index in [2.05, 4.69) is 0 Å². The van der Waals surface area contributed by atoms with E-state index < -0.39 is 10.9 Å². The summed E-state index contributed by atoms with van der Waals surface area (Å²) in [5.41, 5.74) is 0.704. The van der Waals surface area contributed by atoms with Crippen LogP contribution in [0.4, 0.5) is 5.69 Å². The molecule has 22 heavy (non-hydrogen) atoms. The van der Waals surface area contributed by atoms with Crippen LogP contribution in [0, 0.1) is 10.1 Å². The van der Waals surface area contributed by atoms with Gasteiger partial charge in [-0.15, -0.1) is 0 Å². The molecule has 0 radical (unpaired) electrons. The van der Waals surface area contributed by atoms with Gasteiger partial charge in [0.05, 0.1) is 16.9 Å². The van der Waals surface area contributed by atoms with Gasteiger partial charge in [0.25, 0.3) is 5.69 Å². The number of para-hydroxylation sites is 1. The fourth-order valence-electron chi connectivity index (χ4n) is 1.87. The van der Waals surface area contributed by atoms with E-state index in [4.69, 9.17) is 27.9 Å². The van der Waals surface area contributed by atoms with E-state index in [0.717, 1.165) is 0 Å². The fraction of sp³-hybridized carbons (Fsp3) is 0.133. The molecule has 0 N–H and O–H groups in total. The van der Waals surface area contributed by atoms with Crippen molar-refractivity contribution < 1.29 is 14.5 Å². The van der Waals surface area contributed by atoms with Crippen LogP contribution in [0.1, 0.15) is 11.1 Å². The Morgan fingerprint density at radius 3 is 2.36 bits per heavy atom. The number of nitro groups is 1. The summed E-state index contributed by atoms with van der Waals surface area (Å²) >= 11 is 12.0. The van der Waals surface area contributed by atoms with Crippen molar-refractivity contribution in [2.24, 2.45) is 0 Å². The average Bonchev–Trinajstić information content (AvgIpc) is 2.49. The first-order valence-corrected chi connectivity index (χ1v) is 7.05. The summed E-state index contributed by atoms with van der Waals surface area (Å²) in [5, 5.41) is 11.6. The molecule has 5 nitrogen and oxygen atoms in total. The molecule has 0 aliphatic heterocycles. The number of carbonyl (C=O) groups is 1. The van der Waals surface area contributed by atoms with Crippen molar-refractivity contribution in [2.75, 3.05) is 0 Å². The highest BCUT2D eigenvalue weighted by atomic mass is 35.5. The quantitative estimate of drug-likeness (QED) is 0.465. The van der Waals surface area contributed by atoms with Gasteiger partial charge in [0.15, 0.2) is 0 Å². The number of hydrogen-bond donors (Lipinski definition) is 0. The second-order valence-corrected chi connectivity index (χ2v) is 5.24. The van der Waals surface area contributed by atoms with Gasteiger partial charge in [-0.05, 0) is 18.2 Å². The van der Waals surface area contributed by atoms with Gasteiger partial charge in [-0.25, -0.2) is 0 Å². The van der Waals surface area contributed by atoms with Crippen molar-refractivity contribution in [2.45, 2.75) is 13.0 Å². The Hall–Kier alpha value is -2.11. The molecule has 0 aromatic heterocycles. The first-order chi connectivity index (χ1) is 10.5. The molecule has 0 amide bonds. The van der Waals surface area contributed by atoms with Crippen LogP contribution in [0.2, 0.25) is 10.0 Å². The summed E-state index contributed by atoms with van der Waals surface area (Å²) in [6.07, 6.45) is -0.0981. The van der Waals surface area contributed by atoms with E-state index in [-0.39, 0.29) is 18.7 Å². The second kappa shape index (κ2) is 7.24. The molecule has 2 aromatic carbocycles. The lowest BCUT2D eigenvalue weighted by molar-refractivity contribution is -0.385. The molecular formula is C15H11Cl2NO4. The maximum atomic E-state index is 11.9. The van der Waals surface area contributed by atoms with Gasteiger partial charge in [-0.2, -0.15) is 0 Å². The molecule has 0 heterocycles. The standard InChI is InChI=1S/C15H11Cl2NO4/c16-12-5-3-6-13(17)11(12)8-15(19)22-9-10-4-1-2-7-14(10)18(20)21/h1-7H,8-9H2. The number of halogens is 2. The largest absolute Gasteiger partial charge is 0.460 e. The first-order valence-electron chi connectivity index (χ1n) is 6.30. The third-order valence-electron chi connectivity index (χ3n) is 2.96. The third-order valence-corrected chi connectivity index (χ3v) is 3.67. The zero-order valence-corrected chi connectivity index (χ0v) is 12.8. The average molecular weight is 340 g/mol. The number of ether oxygens (including phenoxy) is 1. The molecule has 2 rings (SSSR count). The van der Waals surface area contributed by atoms with Crippen molar-refractivity contribution in [1.29, 1.82) is 0 Å². The van der Waals surface area contributed by atoms with E-state index in [0.29, 0.717) is 21.2 Å². The molecule has 0 atom stereocenters. The Morgan fingerprint density at radius 2 is 1.73 bits per heavy atom. The predicted octanol–water partition coefficient (Wildman–Crippen LogP) is 4.19. The summed E-state index contributed by atoms with van der Waals surface area (Å²) in [6.45, 7) is -0.182.